The van der Waals surface area contributed by atoms with Crippen LogP contribution in [0.1, 0.15) is 25.7 Å². The number of rotatable bonds is 5. The first kappa shape index (κ1) is 16.1. The molecule has 2 aliphatic carbocycles. The van der Waals surface area contributed by atoms with E-state index < -0.39 is 0 Å². The summed E-state index contributed by atoms with van der Waals surface area (Å²) in [7, 11) is 0. The number of nitrogens with two attached hydrogens (primary N) is 1. The summed E-state index contributed by atoms with van der Waals surface area (Å²) in [4.78, 5) is 12.2. The number of ether oxygens (including phenoxy) is 1. The average Bonchev–Trinajstić information content (AvgIpc) is 3.21. The molecule has 3 N–H and O–H groups in total. The van der Waals surface area contributed by atoms with Crippen molar-refractivity contribution in [1.29, 1.82) is 0 Å². The summed E-state index contributed by atoms with van der Waals surface area (Å²) in [6.45, 7) is 1.01. The van der Waals surface area contributed by atoms with Gasteiger partial charge in [0.25, 0.3) is 0 Å². The molecule has 21 heavy (non-hydrogen) atoms. The third-order valence-electron chi connectivity index (χ3n) is 4.47. The van der Waals surface area contributed by atoms with Crippen LogP contribution in [0.25, 0.3) is 0 Å². The Labute approximate surface area is 131 Å². The van der Waals surface area contributed by atoms with Crippen molar-refractivity contribution in [3.05, 3.63) is 24.3 Å². The van der Waals surface area contributed by atoms with Crippen molar-refractivity contribution in [3.63, 3.8) is 0 Å². The van der Waals surface area contributed by atoms with Gasteiger partial charge >= 0.3 is 0 Å². The topological polar surface area (TPSA) is 64.3 Å². The Morgan fingerprint density at radius 3 is 2.38 bits per heavy atom. The standard InChI is InChI=1S/C16H22N2O2.ClH/c17-9-10-20-12-7-5-11(6-8-12)18-16(19)15-13-3-1-2-4-14(13)15;/h5-8,13-15H,1-4,9-10,17H2,(H,18,19);1H. The summed E-state index contributed by atoms with van der Waals surface area (Å²) in [6, 6.07) is 7.50. The largest absolute Gasteiger partial charge is 0.492 e. The lowest BCUT2D eigenvalue weighted by Crippen LogP contribution is -2.15. The molecule has 0 aromatic heterocycles. The number of amides is 1. The van der Waals surface area contributed by atoms with Crippen LogP contribution in [0.3, 0.4) is 0 Å². The number of benzene rings is 1. The number of fused-ring (bicyclic) bond motifs is 1. The fraction of sp³-hybridized carbons (Fsp3) is 0.562. The minimum absolute atomic E-state index is 0. The van der Waals surface area contributed by atoms with Gasteiger partial charge in [0, 0.05) is 18.2 Å². The smallest absolute Gasteiger partial charge is 0.228 e. The molecule has 4 nitrogen and oxygen atoms in total. The molecule has 1 aromatic rings. The van der Waals surface area contributed by atoms with Crippen LogP contribution in [0.15, 0.2) is 24.3 Å². The van der Waals surface area contributed by atoms with E-state index in [1.165, 1.54) is 25.7 Å². The second-order valence-electron chi connectivity index (χ2n) is 5.79. The summed E-state index contributed by atoms with van der Waals surface area (Å²) in [5.74, 6) is 2.53. The summed E-state index contributed by atoms with van der Waals surface area (Å²) in [5.41, 5.74) is 6.23. The minimum atomic E-state index is 0. The predicted octanol–water partition coefficient (Wildman–Crippen LogP) is 2.82. The number of hydrogen-bond donors (Lipinski definition) is 2. The first-order chi connectivity index (χ1) is 9.79. The van der Waals surface area contributed by atoms with E-state index in [0.717, 1.165) is 11.4 Å². The molecule has 0 bridgehead atoms. The van der Waals surface area contributed by atoms with Crippen LogP contribution in [0.2, 0.25) is 0 Å². The van der Waals surface area contributed by atoms with Gasteiger partial charge in [0.15, 0.2) is 0 Å². The quantitative estimate of drug-likeness (QED) is 0.879. The van der Waals surface area contributed by atoms with E-state index >= 15 is 0 Å². The molecule has 116 valence electrons. The van der Waals surface area contributed by atoms with Crippen LogP contribution in [-0.2, 0) is 4.79 Å². The third kappa shape index (κ3) is 3.69. The number of anilines is 1. The molecule has 2 unspecified atom stereocenters. The van der Waals surface area contributed by atoms with Crippen molar-refractivity contribution >= 4 is 24.0 Å². The maximum atomic E-state index is 12.2. The van der Waals surface area contributed by atoms with Gasteiger partial charge in [0.05, 0.1) is 0 Å². The lowest BCUT2D eigenvalue weighted by atomic mass is 10.0. The first-order valence-corrected chi connectivity index (χ1v) is 7.53. The van der Waals surface area contributed by atoms with Crippen molar-refractivity contribution in [1.82, 2.24) is 0 Å². The summed E-state index contributed by atoms with van der Waals surface area (Å²) >= 11 is 0. The summed E-state index contributed by atoms with van der Waals surface area (Å²) < 4.78 is 5.41. The molecule has 0 radical (unpaired) electrons. The van der Waals surface area contributed by atoms with Crippen molar-refractivity contribution < 1.29 is 9.53 Å². The molecular weight excluding hydrogens is 288 g/mol. The van der Waals surface area contributed by atoms with E-state index in [-0.39, 0.29) is 24.2 Å². The van der Waals surface area contributed by atoms with Gasteiger partial charge in [-0.1, -0.05) is 12.8 Å². The normalized spacial score (nSPS) is 26.2. The number of hydrogen-bond acceptors (Lipinski definition) is 3. The third-order valence-corrected chi connectivity index (χ3v) is 4.47. The molecule has 2 atom stereocenters. The molecule has 5 heteroatoms. The van der Waals surface area contributed by atoms with E-state index in [9.17, 15) is 4.79 Å². The minimum Gasteiger partial charge on any atom is -0.492 e. The fourth-order valence-corrected chi connectivity index (χ4v) is 3.42. The number of nitrogens with one attached hydrogen (secondary N) is 1. The van der Waals surface area contributed by atoms with Crippen LogP contribution in [0.5, 0.6) is 5.75 Å². The number of halogens is 1. The molecule has 0 aliphatic heterocycles. The highest BCUT2D eigenvalue weighted by atomic mass is 35.5. The van der Waals surface area contributed by atoms with E-state index in [0.29, 0.717) is 25.0 Å². The average molecular weight is 311 g/mol. The molecule has 0 heterocycles. The van der Waals surface area contributed by atoms with Crippen LogP contribution >= 0.6 is 12.4 Å². The van der Waals surface area contributed by atoms with Crippen molar-refractivity contribution in [2.24, 2.45) is 23.5 Å². The van der Waals surface area contributed by atoms with Gasteiger partial charge in [-0.15, -0.1) is 12.4 Å². The van der Waals surface area contributed by atoms with Crippen LogP contribution in [0, 0.1) is 17.8 Å². The Morgan fingerprint density at radius 2 is 1.81 bits per heavy atom. The molecule has 1 aromatic carbocycles. The SMILES string of the molecule is Cl.NCCOc1ccc(NC(=O)C2C3CCCCC32)cc1. The lowest BCUT2D eigenvalue weighted by molar-refractivity contribution is -0.117. The highest BCUT2D eigenvalue weighted by Crippen LogP contribution is 2.55. The lowest BCUT2D eigenvalue weighted by Gasteiger charge is -2.07. The summed E-state index contributed by atoms with van der Waals surface area (Å²) in [6.07, 6.45) is 5.04. The van der Waals surface area contributed by atoms with Gasteiger partial charge < -0.3 is 15.8 Å². The Balaban J connectivity index is 0.00000161. The van der Waals surface area contributed by atoms with Gasteiger partial charge in [-0.3, -0.25) is 4.79 Å². The second-order valence-corrected chi connectivity index (χ2v) is 5.79. The number of carbonyl (C=O) groups excluding carboxylic acids is 1. The maximum Gasteiger partial charge on any atom is 0.228 e. The fourth-order valence-electron chi connectivity index (χ4n) is 3.42. The van der Waals surface area contributed by atoms with E-state index in [1.54, 1.807) is 0 Å². The molecule has 2 saturated carbocycles. The van der Waals surface area contributed by atoms with Gasteiger partial charge in [0.2, 0.25) is 5.91 Å². The predicted molar refractivity (Wildman–Crippen MR) is 85.8 cm³/mol. The van der Waals surface area contributed by atoms with Gasteiger partial charge in [-0.2, -0.15) is 0 Å². The van der Waals surface area contributed by atoms with Gasteiger partial charge in [-0.25, -0.2) is 0 Å². The maximum absolute atomic E-state index is 12.2. The molecule has 3 rings (SSSR count). The monoisotopic (exact) mass is 310 g/mol. The molecular formula is C16H23ClN2O2. The van der Waals surface area contributed by atoms with Gasteiger partial charge in [0.1, 0.15) is 12.4 Å². The number of carbonyl (C=O) groups is 1. The van der Waals surface area contributed by atoms with E-state index in [2.05, 4.69) is 5.32 Å². The Kier molecular flexibility index (Phi) is 5.48. The zero-order valence-corrected chi connectivity index (χ0v) is 12.9. The van der Waals surface area contributed by atoms with E-state index in [1.807, 2.05) is 24.3 Å². The molecule has 2 aliphatic rings. The first-order valence-electron chi connectivity index (χ1n) is 7.53. The van der Waals surface area contributed by atoms with Crippen LogP contribution in [-0.4, -0.2) is 19.1 Å². The second kappa shape index (κ2) is 7.14. The zero-order chi connectivity index (χ0) is 13.9. The van der Waals surface area contributed by atoms with Crippen LogP contribution < -0.4 is 15.8 Å². The van der Waals surface area contributed by atoms with Gasteiger partial charge in [-0.05, 0) is 48.9 Å². The highest BCUT2D eigenvalue weighted by Gasteiger charge is 2.54. The van der Waals surface area contributed by atoms with Crippen molar-refractivity contribution in [2.75, 3.05) is 18.5 Å². The summed E-state index contributed by atoms with van der Waals surface area (Å²) in [5, 5.41) is 3.02. The molecule has 2 fully saturated rings. The molecule has 0 spiro atoms. The van der Waals surface area contributed by atoms with Crippen LogP contribution in [0.4, 0.5) is 5.69 Å². The van der Waals surface area contributed by atoms with E-state index in [4.69, 9.17) is 10.5 Å². The Bertz CT molecular complexity index is 466. The highest BCUT2D eigenvalue weighted by molar-refractivity contribution is 5.94. The van der Waals surface area contributed by atoms with Crippen molar-refractivity contribution in [3.8, 4) is 5.75 Å². The Hall–Kier alpha value is -1.26. The zero-order valence-electron chi connectivity index (χ0n) is 12.1. The van der Waals surface area contributed by atoms with Crippen molar-refractivity contribution in [2.45, 2.75) is 25.7 Å². The Morgan fingerprint density at radius 1 is 1.19 bits per heavy atom. The molecule has 0 saturated heterocycles. The molecule has 1 amide bonds.